The van der Waals surface area contributed by atoms with Crippen LogP contribution in [0, 0.1) is 18.4 Å². The second-order valence-electron chi connectivity index (χ2n) is 11.3. The fourth-order valence-corrected chi connectivity index (χ4v) is 7.68. The number of benzene rings is 2. The van der Waals surface area contributed by atoms with Crippen LogP contribution in [0.5, 0.6) is 0 Å². The number of hydrogen-bond acceptors (Lipinski definition) is 5. The van der Waals surface area contributed by atoms with Crippen LogP contribution >= 0.6 is 0 Å². The SMILES string of the molecule is COC(=NC#N)N1CCC(CCN2[C@@H]3CC[C@H]2CC(n2c(C)nc4ccccc42)C3)(c2ccccc2)CC1. The van der Waals surface area contributed by atoms with E-state index in [1.54, 1.807) is 7.11 Å². The molecule has 198 valence electrons. The molecule has 38 heavy (non-hydrogen) atoms. The summed E-state index contributed by atoms with van der Waals surface area (Å²) in [4.78, 5) is 13.7. The standard InChI is InChI=1S/C31H38N6O/c1-23-34-28-10-6-7-11-29(28)37(23)27-20-25-12-13-26(21-27)36(25)19-16-31(24-8-4-3-5-9-24)14-17-35(18-15-31)30(38-2)33-22-32/h3-11,25-27H,12-21H2,1-2H3/t25-,26+,27?. The number of nitriles is 1. The summed E-state index contributed by atoms with van der Waals surface area (Å²) in [6.45, 7) is 5.01. The first kappa shape index (κ1) is 24.9. The van der Waals surface area contributed by atoms with E-state index >= 15 is 0 Å². The number of likely N-dealkylation sites (tertiary alicyclic amines) is 1. The lowest BCUT2D eigenvalue weighted by Crippen LogP contribution is -2.49. The molecule has 7 nitrogen and oxygen atoms in total. The van der Waals surface area contributed by atoms with Crippen molar-refractivity contribution in [2.45, 2.75) is 75.4 Å². The van der Waals surface area contributed by atoms with Crippen molar-refractivity contribution in [2.24, 2.45) is 4.99 Å². The van der Waals surface area contributed by atoms with Crippen LogP contribution in [0.1, 0.15) is 62.4 Å². The molecule has 3 aliphatic rings. The van der Waals surface area contributed by atoms with Crippen molar-refractivity contribution in [2.75, 3.05) is 26.7 Å². The highest BCUT2D eigenvalue weighted by Crippen LogP contribution is 2.45. The number of imidazole rings is 1. The van der Waals surface area contributed by atoms with Crippen LogP contribution in [0.2, 0.25) is 0 Å². The fraction of sp³-hybridized carbons (Fsp3) is 0.516. The number of hydrogen-bond donors (Lipinski definition) is 0. The van der Waals surface area contributed by atoms with Crippen molar-refractivity contribution < 1.29 is 4.74 Å². The van der Waals surface area contributed by atoms with Gasteiger partial charge in [0, 0.05) is 31.2 Å². The third-order valence-electron chi connectivity index (χ3n) is 9.55. The topological polar surface area (TPSA) is 69.7 Å². The van der Waals surface area contributed by atoms with Crippen molar-refractivity contribution in [3.05, 3.63) is 66.0 Å². The monoisotopic (exact) mass is 510 g/mol. The minimum Gasteiger partial charge on any atom is -0.468 e. The Morgan fingerprint density at radius 2 is 1.71 bits per heavy atom. The zero-order valence-electron chi connectivity index (χ0n) is 22.6. The summed E-state index contributed by atoms with van der Waals surface area (Å²) in [6, 6.07) is 22.0. The number of piperidine rings is 2. The van der Waals surface area contributed by atoms with Crippen LogP contribution < -0.4 is 0 Å². The number of aromatic nitrogens is 2. The number of fused-ring (bicyclic) bond motifs is 3. The first-order chi connectivity index (χ1) is 18.6. The molecule has 0 spiro atoms. The summed E-state index contributed by atoms with van der Waals surface area (Å²) in [6.07, 6.45) is 10.2. The van der Waals surface area contributed by atoms with E-state index in [0.717, 1.165) is 50.2 Å². The number of rotatable bonds is 5. The minimum absolute atomic E-state index is 0.136. The van der Waals surface area contributed by atoms with Gasteiger partial charge in [-0.25, -0.2) is 4.98 Å². The molecule has 7 heteroatoms. The number of aryl methyl sites for hydroxylation is 1. The average molecular weight is 511 g/mol. The highest BCUT2D eigenvalue weighted by atomic mass is 16.5. The highest BCUT2D eigenvalue weighted by molar-refractivity contribution is 5.76. The zero-order chi connectivity index (χ0) is 26.1. The summed E-state index contributed by atoms with van der Waals surface area (Å²) in [5.74, 6) is 1.15. The molecule has 1 aromatic heterocycles. The Bertz CT molecular complexity index is 1320. The van der Waals surface area contributed by atoms with Crippen LogP contribution in [0.4, 0.5) is 0 Å². The van der Waals surface area contributed by atoms with Crippen molar-refractivity contribution >= 4 is 17.1 Å². The molecular formula is C31H38N6O. The van der Waals surface area contributed by atoms with E-state index in [9.17, 15) is 0 Å². The minimum atomic E-state index is 0.136. The molecule has 2 aromatic carbocycles. The molecule has 1 unspecified atom stereocenters. The predicted molar refractivity (Wildman–Crippen MR) is 150 cm³/mol. The van der Waals surface area contributed by atoms with Gasteiger partial charge in [-0.05, 0) is 81.5 Å². The quantitative estimate of drug-likeness (QED) is 0.260. The number of methoxy groups -OCH3 is 1. The Morgan fingerprint density at radius 1 is 1.03 bits per heavy atom. The number of aliphatic imine (C=N–C) groups is 1. The van der Waals surface area contributed by atoms with Gasteiger partial charge in [-0.15, -0.1) is 4.99 Å². The molecule has 2 bridgehead atoms. The van der Waals surface area contributed by atoms with Crippen molar-refractivity contribution in [1.29, 1.82) is 5.26 Å². The molecule has 3 aliphatic heterocycles. The molecular weight excluding hydrogens is 472 g/mol. The normalized spacial score (nSPS) is 25.4. The molecule has 3 saturated heterocycles. The van der Waals surface area contributed by atoms with E-state index in [1.165, 1.54) is 36.8 Å². The number of para-hydroxylation sites is 2. The first-order valence-electron chi connectivity index (χ1n) is 14.1. The average Bonchev–Trinajstić information content (AvgIpc) is 3.42. The number of nitrogens with zero attached hydrogens (tertiary/aromatic N) is 6. The van der Waals surface area contributed by atoms with Crippen LogP contribution in [-0.4, -0.2) is 64.2 Å². The maximum atomic E-state index is 9.05. The maximum Gasteiger partial charge on any atom is 0.302 e. The summed E-state index contributed by atoms with van der Waals surface area (Å²) in [7, 11) is 1.60. The summed E-state index contributed by atoms with van der Waals surface area (Å²) >= 11 is 0. The second kappa shape index (κ2) is 10.4. The van der Waals surface area contributed by atoms with Gasteiger partial charge in [-0.2, -0.15) is 5.26 Å². The first-order valence-corrected chi connectivity index (χ1v) is 14.1. The van der Waals surface area contributed by atoms with Crippen molar-refractivity contribution in [3.63, 3.8) is 0 Å². The maximum absolute atomic E-state index is 9.05. The largest absolute Gasteiger partial charge is 0.468 e. The van der Waals surface area contributed by atoms with E-state index in [2.05, 4.69) is 80.9 Å². The van der Waals surface area contributed by atoms with Crippen molar-refractivity contribution in [1.82, 2.24) is 19.4 Å². The molecule has 3 aromatic rings. The van der Waals surface area contributed by atoms with Gasteiger partial charge < -0.3 is 14.2 Å². The van der Waals surface area contributed by atoms with E-state index in [4.69, 9.17) is 15.0 Å². The third-order valence-corrected chi connectivity index (χ3v) is 9.55. The van der Waals surface area contributed by atoms with E-state index < -0.39 is 0 Å². The fourth-order valence-electron chi connectivity index (χ4n) is 7.68. The lowest BCUT2D eigenvalue weighted by Gasteiger charge is -2.45. The van der Waals surface area contributed by atoms with Crippen molar-refractivity contribution in [3.8, 4) is 6.19 Å². The molecule has 6 rings (SSSR count). The molecule has 0 radical (unpaired) electrons. The van der Waals surface area contributed by atoms with E-state index in [1.807, 2.05) is 6.19 Å². The van der Waals surface area contributed by atoms with Gasteiger partial charge in [0.2, 0.25) is 6.19 Å². The highest BCUT2D eigenvalue weighted by Gasteiger charge is 2.44. The van der Waals surface area contributed by atoms with Gasteiger partial charge in [0.1, 0.15) is 5.82 Å². The van der Waals surface area contributed by atoms with E-state index in [0.29, 0.717) is 24.1 Å². The van der Waals surface area contributed by atoms with Gasteiger partial charge in [0.15, 0.2) is 0 Å². The molecule has 0 N–H and O–H groups in total. The second-order valence-corrected chi connectivity index (χ2v) is 11.3. The molecule has 0 saturated carbocycles. The van der Waals surface area contributed by atoms with Crippen LogP contribution in [0.15, 0.2) is 59.6 Å². The molecule has 3 atom stereocenters. The van der Waals surface area contributed by atoms with Gasteiger partial charge in [-0.1, -0.05) is 42.5 Å². The Balaban J connectivity index is 1.18. The Hall–Kier alpha value is -3.37. The zero-order valence-corrected chi connectivity index (χ0v) is 22.6. The molecule has 4 heterocycles. The van der Waals surface area contributed by atoms with E-state index in [-0.39, 0.29) is 5.41 Å². The smallest absolute Gasteiger partial charge is 0.302 e. The lowest BCUT2D eigenvalue weighted by atomic mass is 9.70. The van der Waals surface area contributed by atoms with Crippen LogP contribution in [0.25, 0.3) is 11.0 Å². The van der Waals surface area contributed by atoms with Gasteiger partial charge in [-0.3, -0.25) is 4.90 Å². The van der Waals surface area contributed by atoms with Gasteiger partial charge in [0.05, 0.1) is 18.1 Å². The lowest BCUT2D eigenvalue weighted by molar-refractivity contribution is 0.0871. The third kappa shape index (κ3) is 4.45. The Kier molecular flexibility index (Phi) is 6.84. The predicted octanol–water partition coefficient (Wildman–Crippen LogP) is 5.42. The molecule has 3 fully saturated rings. The summed E-state index contributed by atoms with van der Waals surface area (Å²) < 4.78 is 7.93. The number of ether oxygens (including phenoxy) is 1. The molecule has 0 aliphatic carbocycles. The van der Waals surface area contributed by atoms with Crippen LogP contribution in [0.3, 0.4) is 0 Å². The molecule has 0 amide bonds. The van der Waals surface area contributed by atoms with Gasteiger partial charge in [0.25, 0.3) is 0 Å². The Morgan fingerprint density at radius 3 is 2.39 bits per heavy atom. The summed E-state index contributed by atoms with van der Waals surface area (Å²) in [5, 5.41) is 9.05. The van der Waals surface area contributed by atoms with Crippen LogP contribution in [-0.2, 0) is 10.2 Å². The Labute approximate surface area is 225 Å². The van der Waals surface area contributed by atoms with Gasteiger partial charge >= 0.3 is 6.02 Å². The summed E-state index contributed by atoms with van der Waals surface area (Å²) in [5.41, 5.74) is 3.98. The number of amidine groups is 1.